The summed E-state index contributed by atoms with van der Waals surface area (Å²) in [5, 5.41) is 18.0. The van der Waals surface area contributed by atoms with Gasteiger partial charge < -0.3 is 0 Å². The van der Waals surface area contributed by atoms with Gasteiger partial charge in [0.1, 0.15) is 0 Å². The maximum absolute atomic E-state index is 2.37. The molecule has 2 heteroatoms. The third-order valence-corrected chi connectivity index (χ3v) is 12.6. The number of hydrogen-bond acceptors (Lipinski definition) is 2. The molecule has 242 valence electrons. The van der Waals surface area contributed by atoms with Gasteiger partial charge in [-0.3, -0.25) is 0 Å². The van der Waals surface area contributed by atoms with Gasteiger partial charge >= 0.3 is 0 Å². The molecular formula is C50H30S2. The van der Waals surface area contributed by atoms with Crippen LogP contribution in [0.25, 0.3) is 109 Å². The lowest BCUT2D eigenvalue weighted by atomic mass is 10.0. The highest BCUT2D eigenvalue weighted by Crippen LogP contribution is 2.37. The standard InChI is InChI=1S/C50H30S2/c1-3-7-35-21-39-17-31(9-13-37(39)19-33(35)5-1)11-15-47-27-45-25-41-23-42-26-46-28-48(52-50(46)30-44(42)24-43(41)29-49(45)51-47)16-12-32-10-14-38-20-34-6-2-4-8-36(34)22-40(38)18-32/h1-30H. The van der Waals surface area contributed by atoms with Crippen LogP contribution in [0.3, 0.4) is 0 Å². The van der Waals surface area contributed by atoms with Crippen LogP contribution in [0, 0.1) is 0 Å². The van der Waals surface area contributed by atoms with E-state index in [2.05, 4.69) is 182 Å². The molecule has 2 heterocycles. The summed E-state index contributed by atoms with van der Waals surface area (Å²) < 4.78 is 2.64. The Morgan fingerprint density at radius 1 is 0.250 bits per heavy atom. The lowest BCUT2D eigenvalue weighted by Gasteiger charge is -2.04. The zero-order valence-corrected chi connectivity index (χ0v) is 29.8. The highest BCUT2D eigenvalue weighted by molar-refractivity contribution is 7.20. The zero-order chi connectivity index (χ0) is 34.2. The van der Waals surface area contributed by atoms with E-state index in [1.54, 1.807) is 0 Å². The maximum Gasteiger partial charge on any atom is 0.0355 e. The van der Waals surface area contributed by atoms with Crippen molar-refractivity contribution < 1.29 is 0 Å². The number of fused-ring (bicyclic) bond motifs is 8. The van der Waals surface area contributed by atoms with Crippen LogP contribution in [0.2, 0.25) is 0 Å². The minimum atomic E-state index is 1.22. The van der Waals surface area contributed by atoms with Crippen molar-refractivity contribution in [1.29, 1.82) is 0 Å². The first-order valence-corrected chi connectivity index (χ1v) is 19.3. The van der Waals surface area contributed by atoms with Crippen molar-refractivity contribution in [3.63, 3.8) is 0 Å². The van der Waals surface area contributed by atoms with E-state index in [-0.39, 0.29) is 0 Å². The molecule has 11 rings (SSSR count). The van der Waals surface area contributed by atoms with Crippen LogP contribution in [0.5, 0.6) is 0 Å². The minimum absolute atomic E-state index is 1.22. The molecule has 9 aromatic carbocycles. The molecule has 0 N–H and O–H groups in total. The normalized spacial score (nSPS) is 12.5. The molecule has 11 aromatic rings. The van der Waals surface area contributed by atoms with Gasteiger partial charge in [0.15, 0.2) is 0 Å². The summed E-state index contributed by atoms with van der Waals surface area (Å²) in [4.78, 5) is 2.54. The molecule has 0 aliphatic rings. The van der Waals surface area contributed by atoms with E-state index in [9.17, 15) is 0 Å². The average molecular weight is 695 g/mol. The fourth-order valence-electron chi connectivity index (χ4n) is 7.76. The zero-order valence-electron chi connectivity index (χ0n) is 28.1. The number of thiophene rings is 2. The van der Waals surface area contributed by atoms with Crippen LogP contribution in [0.4, 0.5) is 0 Å². The fourth-order valence-corrected chi connectivity index (χ4v) is 9.76. The molecule has 0 bridgehead atoms. The van der Waals surface area contributed by atoms with Gasteiger partial charge in [-0.05, 0) is 184 Å². The molecule has 0 amide bonds. The van der Waals surface area contributed by atoms with Gasteiger partial charge in [0.2, 0.25) is 0 Å². The highest BCUT2D eigenvalue weighted by atomic mass is 32.1. The predicted octanol–water partition coefficient (Wildman–Crippen LogP) is 15.4. The summed E-state index contributed by atoms with van der Waals surface area (Å²) in [5.74, 6) is 0. The van der Waals surface area contributed by atoms with Gasteiger partial charge in [-0.2, -0.15) is 0 Å². The molecule has 0 spiro atoms. The van der Waals surface area contributed by atoms with Gasteiger partial charge in [0, 0.05) is 19.2 Å². The Bertz CT molecular complexity index is 2990. The Hall–Kier alpha value is -6.06. The lowest BCUT2D eigenvalue weighted by molar-refractivity contribution is 1.73. The van der Waals surface area contributed by atoms with Gasteiger partial charge in [0.25, 0.3) is 0 Å². The maximum atomic E-state index is 2.37. The summed E-state index contributed by atoms with van der Waals surface area (Å²) in [6.07, 6.45) is 9.01. The molecule has 0 unspecified atom stereocenters. The molecule has 0 nitrogen and oxygen atoms in total. The molecule has 0 saturated carbocycles. The summed E-state index contributed by atoms with van der Waals surface area (Å²) >= 11 is 3.72. The molecular weight excluding hydrogens is 665 g/mol. The van der Waals surface area contributed by atoms with E-state index in [1.165, 1.54) is 106 Å². The molecule has 2 aromatic heterocycles. The van der Waals surface area contributed by atoms with E-state index in [0.717, 1.165) is 0 Å². The monoisotopic (exact) mass is 694 g/mol. The van der Waals surface area contributed by atoms with Gasteiger partial charge in [-0.1, -0.05) is 84.9 Å². The van der Waals surface area contributed by atoms with Crippen LogP contribution in [0.1, 0.15) is 20.9 Å². The second-order valence-corrected chi connectivity index (χ2v) is 16.1. The minimum Gasteiger partial charge on any atom is -0.136 e. The first kappa shape index (κ1) is 29.6. The van der Waals surface area contributed by atoms with Gasteiger partial charge in [-0.15, -0.1) is 22.7 Å². The topological polar surface area (TPSA) is 0 Å². The van der Waals surface area contributed by atoms with Crippen molar-refractivity contribution in [3.8, 4) is 0 Å². The van der Waals surface area contributed by atoms with Crippen molar-refractivity contribution >= 4 is 132 Å². The van der Waals surface area contributed by atoms with E-state index in [0.29, 0.717) is 0 Å². The average Bonchev–Trinajstić information content (AvgIpc) is 3.77. The van der Waals surface area contributed by atoms with Crippen molar-refractivity contribution in [2.75, 3.05) is 0 Å². The number of rotatable bonds is 4. The van der Waals surface area contributed by atoms with Crippen LogP contribution in [0.15, 0.2) is 158 Å². The molecule has 0 fully saturated rings. The summed E-state index contributed by atoms with van der Waals surface area (Å²) in [6, 6.07) is 58.7. The Labute approximate surface area is 308 Å². The Balaban J connectivity index is 0.881. The smallest absolute Gasteiger partial charge is 0.0355 e. The largest absolute Gasteiger partial charge is 0.136 e. The summed E-state index contributed by atoms with van der Waals surface area (Å²) in [7, 11) is 0. The molecule has 0 aliphatic carbocycles. The van der Waals surface area contributed by atoms with Crippen molar-refractivity contribution in [2.24, 2.45) is 0 Å². The fraction of sp³-hybridized carbons (Fsp3) is 0. The van der Waals surface area contributed by atoms with E-state index in [1.807, 2.05) is 22.7 Å². The lowest BCUT2D eigenvalue weighted by Crippen LogP contribution is -1.78. The molecule has 0 atom stereocenters. The van der Waals surface area contributed by atoms with Gasteiger partial charge in [-0.25, -0.2) is 0 Å². The van der Waals surface area contributed by atoms with E-state index < -0.39 is 0 Å². The number of benzene rings is 9. The van der Waals surface area contributed by atoms with Crippen molar-refractivity contribution in [3.05, 3.63) is 179 Å². The van der Waals surface area contributed by atoms with Crippen LogP contribution >= 0.6 is 22.7 Å². The summed E-state index contributed by atoms with van der Waals surface area (Å²) in [6.45, 7) is 0. The third kappa shape index (κ3) is 5.27. The summed E-state index contributed by atoms with van der Waals surface area (Å²) in [5.41, 5.74) is 2.44. The van der Waals surface area contributed by atoms with Gasteiger partial charge in [0.05, 0.1) is 0 Å². The van der Waals surface area contributed by atoms with Crippen molar-refractivity contribution in [2.45, 2.75) is 0 Å². The van der Waals surface area contributed by atoms with E-state index in [4.69, 9.17) is 0 Å². The Morgan fingerprint density at radius 3 is 1.02 bits per heavy atom. The highest BCUT2D eigenvalue weighted by Gasteiger charge is 2.08. The molecule has 0 saturated heterocycles. The molecule has 0 radical (unpaired) electrons. The van der Waals surface area contributed by atoms with Crippen LogP contribution < -0.4 is 0 Å². The Kier molecular flexibility index (Phi) is 6.70. The Morgan fingerprint density at radius 2 is 0.577 bits per heavy atom. The molecule has 0 aliphatic heterocycles. The second kappa shape index (κ2) is 11.7. The van der Waals surface area contributed by atoms with Crippen LogP contribution in [-0.2, 0) is 0 Å². The predicted molar refractivity (Wildman–Crippen MR) is 233 cm³/mol. The van der Waals surface area contributed by atoms with E-state index >= 15 is 0 Å². The van der Waals surface area contributed by atoms with Crippen LogP contribution in [-0.4, -0.2) is 0 Å². The SMILES string of the molecule is C(=Cc1cc2cc3cc4cc5cc(C=Cc6ccc7cc8ccccc8cc7c6)sc5cc4cc3cc2s1)c1ccc2cc3ccccc3cc2c1. The first-order chi connectivity index (χ1) is 25.6. The molecule has 52 heavy (non-hydrogen) atoms. The first-order valence-electron chi connectivity index (χ1n) is 17.7. The quantitative estimate of drug-likeness (QED) is 0.161. The second-order valence-electron chi connectivity index (χ2n) is 13.9. The number of hydrogen-bond donors (Lipinski definition) is 0. The van der Waals surface area contributed by atoms with Crippen molar-refractivity contribution in [1.82, 2.24) is 0 Å². The third-order valence-electron chi connectivity index (χ3n) is 10.4.